The van der Waals surface area contributed by atoms with Crippen molar-refractivity contribution in [2.75, 3.05) is 26.7 Å². The minimum absolute atomic E-state index is 0.00335. The van der Waals surface area contributed by atoms with Crippen LogP contribution in [0, 0.1) is 0 Å². The predicted molar refractivity (Wildman–Crippen MR) is 99.6 cm³/mol. The number of amides is 2. The summed E-state index contributed by atoms with van der Waals surface area (Å²) in [4.78, 5) is 24.9. The summed E-state index contributed by atoms with van der Waals surface area (Å²) in [7, 11) is 1.77. The Morgan fingerprint density at radius 1 is 1.27 bits per heavy atom. The third-order valence-corrected chi connectivity index (χ3v) is 3.95. The first-order chi connectivity index (χ1) is 12.6. The van der Waals surface area contributed by atoms with Crippen LogP contribution in [0.5, 0.6) is 0 Å². The van der Waals surface area contributed by atoms with Crippen molar-refractivity contribution in [3.63, 3.8) is 0 Å². The van der Waals surface area contributed by atoms with Gasteiger partial charge in [0.05, 0.1) is 12.3 Å². The quantitative estimate of drug-likeness (QED) is 0.721. The number of rotatable bonds is 9. The Bertz CT molecular complexity index is 700. The number of ether oxygens (including phenoxy) is 1. The highest BCUT2D eigenvalue weighted by Crippen LogP contribution is 2.17. The largest absolute Gasteiger partial charge is 0.450 e. The summed E-state index contributed by atoms with van der Waals surface area (Å²) >= 11 is 0. The van der Waals surface area contributed by atoms with Gasteiger partial charge in [-0.3, -0.25) is 9.89 Å². The molecule has 26 heavy (non-hydrogen) atoms. The second kappa shape index (κ2) is 10.2. The van der Waals surface area contributed by atoms with Crippen LogP contribution < -0.4 is 5.32 Å². The van der Waals surface area contributed by atoms with Crippen molar-refractivity contribution in [3.05, 3.63) is 42.1 Å². The third kappa shape index (κ3) is 6.23. The standard InChI is InChI=1S/C19H26N4O3/c1-3-26-19(25)20-12-11-18(24)23(2)13-7-10-16-14-17(22-21-16)15-8-5-4-6-9-15/h4-6,8-9,14H,3,7,10-13H2,1-2H3,(H,20,25)(H,21,22). The van der Waals surface area contributed by atoms with Gasteiger partial charge in [0.25, 0.3) is 0 Å². The topological polar surface area (TPSA) is 87.3 Å². The number of aryl methyl sites for hydroxylation is 1. The molecule has 1 aromatic heterocycles. The van der Waals surface area contributed by atoms with Crippen molar-refractivity contribution < 1.29 is 14.3 Å². The molecule has 0 aliphatic carbocycles. The number of carbonyl (C=O) groups is 2. The summed E-state index contributed by atoms with van der Waals surface area (Å²) in [5.41, 5.74) is 3.06. The summed E-state index contributed by atoms with van der Waals surface area (Å²) in [5.74, 6) is -0.00335. The Labute approximate surface area is 153 Å². The Morgan fingerprint density at radius 3 is 2.77 bits per heavy atom. The van der Waals surface area contributed by atoms with E-state index in [1.54, 1.807) is 18.9 Å². The smallest absolute Gasteiger partial charge is 0.407 e. The van der Waals surface area contributed by atoms with Gasteiger partial charge < -0.3 is 15.0 Å². The number of hydrogen-bond donors (Lipinski definition) is 2. The molecule has 0 aliphatic heterocycles. The fourth-order valence-electron chi connectivity index (χ4n) is 2.52. The molecule has 2 aromatic rings. The number of alkyl carbamates (subject to hydrolysis) is 1. The van der Waals surface area contributed by atoms with Gasteiger partial charge >= 0.3 is 6.09 Å². The van der Waals surface area contributed by atoms with Gasteiger partial charge in [0.1, 0.15) is 0 Å². The minimum atomic E-state index is -0.489. The van der Waals surface area contributed by atoms with Crippen molar-refractivity contribution in [2.45, 2.75) is 26.2 Å². The maximum atomic E-state index is 12.0. The lowest BCUT2D eigenvalue weighted by atomic mass is 10.1. The van der Waals surface area contributed by atoms with Crippen molar-refractivity contribution >= 4 is 12.0 Å². The van der Waals surface area contributed by atoms with Crippen molar-refractivity contribution in [3.8, 4) is 11.3 Å². The van der Waals surface area contributed by atoms with Crippen LogP contribution >= 0.6 is 0 Å². The van der Waals surface area contributed by atoms with Gasteiger partial charge in [-0.15, -0.1) is 0 Å². The molecule has 0 atom stereocenters. The normalized spacial score (nSPS) is 10.4. The summed E-state index contributed by atoms with van der Waals surface area (Å²) in [6, 6.07) is 12.0. The van der Waals surface area contributed by atoms with Gasteiger partial charge in [-0.05, 0) is 25.8 Å². The number of H-pyrrole nitrogens is 1. The van der Waals surface area contributed by atoms with Crippen LogP contribution in [0.1, 0.15) is 25.5 Å². The van der Waals surface area contributed by atoms with E-state index in [0.29, 0.717) is 13.2 Å². The van der Waals surface area contributed by atoms with Crippen LogP contribution in [-0.4, -0.2) is 53.8 Å². The molecule has 7 nitrogen and oxygen atoms in total. The zero-order chi connectivity index (χ0) is 18.8. The van der Waals surface area contributed by atoms with Crippen molar-refractivity contribution in [1.29, 1.82) is 0 Å². The number of benzene rings is 1. The fourth-order valence-corrected chi connectivity index (χ4v) is 2.52. The van der Waals surface area contributed by atoms with E-state index in [1.807, 2.05) is 36.4 Å². The summed E-state index contributed by atoms with van der Waals surface area (Å²) < 4.78 is 4.75. The average molecular weight is 358 g/mol. The fraction of sp³-hybridized carbons (Fsp3) is 0.421. The summed E-state index contributed by atoms with van der Waals surface area (Å²) in [6.45, 7) is 2.99. The van der Waals surface area contributed by atoms with Gasteiger partial charge in [0.15, 0.2) is 0 Å². The molecule has 0 radical (unpaired) electrons. The molecule has 0 unspecified atom stereocenters. The van der Waals surface area contributed by atoms with Crippen molar-refractivity contribution in [1.82, 2.24) is 20.4 Å². The molecular weight excluding hydrogens is 332 g/mol. The van der Waals surface area contributed by atoms with E-state index in [2.05, 4.69) is 15.5 Å². The van der Waals surface area contributed by atoms with Gasteiger partial charge in [0.2, 0.25) is 5.91 Å². The van der Waals surface area contributed by atoms with Crippen LogP contribution in [0.15, 0.2) is 36.4 Å². The van der Waals surface area contributed by atoms with E-state index in [0.717, 1.165) is 29.8 Å². The zero-order valence-electron chi connectivity index (χ0n) is 15.3. The Morgan fingerprint density at radius 2 is 2.04 bits per heavy atom. The highest BCUT2D eigenvalue weighted by Gasteiger charge is 2.10. The van der Waals surface area contributed by atoms with Gasteiger partial charge in [0, 0.05) is 37.8 Å². The van der Waals surface area contributed by atoms with Crippen LogP contribution in [0.3, 0.4) is 0 Å². The SMILES string of the molecule is CCOC(=O)NCCC(=O)N(C)CCCc1cc(-c2ccccc2)n[nH]1. The molecule has 1 heterocycles. The molecule has 7 heteroatoms. The summed E-state index contributed by atoms with van der Waals surface area (Å²) in [6.07, 6.45) is 1.43. The zero-order valence-corrected chi connectivity index (χ0v) is 15.3. The highest BCUT2D eigenvalue weighted by molar-refractivity contribution is 5.76. The Hall–Kier alpha value is -2.83. The second-order valence-corrected chi connectivity index (χ2v) is 5.96. The molecule has 0 spiro atoms. The molecule has 0 saturated heterocycles. The van der Waals surface area contributed by atoms with Gasteiger partial charge in [-0.2, -0.15) is 5.10 Å². The van der Waals surface area contributed by atoms with Crippen LogP contribution in [0.4, 0.5) is 4.79 Å². The lowest BCUT2D eigenvalue weighted by Crippen LogP contribution is -2.33. The third-order valence-electron chi connectivity index (χ3n) is 3.95. The minimum Gasteiger partial charge on any atom is -0.450 e. The van der Waals surface area contributed by atoms with E-state index in [1.165, 1.54) is 0 Å². The molecule has 1 aromatic carbocycles. The number of hydrogen-bond acceptors (Lipinski definition) is 4. The molecule has 2 N–H and O–H groups in total. The van der Waals surface area contributed by atoms with E-state index in [4.69, 9.17) is 4.74 Å². The van der Waals surface area contributed by atoms with E-state index in [9.17, 15) is 9.59 Å². The summed E-state index contributed by atoms with van der Waals surface area (Å²) in [5, 5.41) is 9.93. The van der Waals surface area contributed by atoms with E-state index >= 15 is 0 Å². The predicted octanol–water partition coefficient (Wildman–Crippen LogP) is 2.60. The highest BCUT2D eigenvalue weighted by atomic mass is 16.5. The Balaban J connectivity index is 1.68. The number of nitrogens with one attached hydrogen (secondary N) is 2. The monoisotopic (exact) mass is 358 g/mol. The lowest BCUT2D eigenvalue weighted by Gasteiger charge is -2.17. The molecule has 140 valence electrons. The number of aromatic amines is 1. The van der Waals surface area contributed by atoms with Crippen LogP contribution in [-0.2, 0) is 16.0 Å². The van der Waals surface area contributed by atoms with Gasteiger partial charge in [-0.1, -0.05) is 30.3 Å². The van der Waals surface area contributed by atoms with Gasteiger partial charge in [-0.25, -0.2) is 4.79 Å². The molecule has 0 aliphatic rings. The average Bonchev–Trinajstić information content (AvgIpc) is 3.11. The maximum absolute atomic E-state index is 12.0. The first-order valence-electron chi connectivity index (χ1n) is 8.84. The lowest BCUT2D eigenvalue weighted by molar-refractivity contribution is -0.129. The van der Waals surface area contributed by atoms with E-state index in [-0.39, 0.29) is 18.9 Å². The Kier molecular flexibility index (Phi) is 7.67. The molecule has 2 rings (SSSR count). The molecule has 0 bridgehead atoms. The maximum Gasteiger partial charge on any atom is 0.407 e. The van der Waals surface area contributed by atoms with Crippen LogP contribution in [0.2, 0.25) is 0 Å². The number of aromatic nitrogens is 2. The van der Waals surface area contributed by atoms with Crippen molar-refractivity contribution in [2.24, 2.45) is 0 Å². The van der Waals surface area contributed by atoms with Crippen LogP contribution in [0.25, 0.3) is 11.3 Å². The number of carbonyl (C=O) groups excluding carboxylic acids is 2. The number of nitrogens with zero attached hydrogens (tertiary/aromatic N) is 2. The second-order valence-electron chi connectivity index (χ2n) is 5.96. The molecule has 0 fully saturated rings. The first kappa shape index (κ1) is 19.5. The molecular formula is C19H26N4O3. The first-order valence-corrected chi connectivity index (χ1v) is 8.84. The molecule has 0 saturated carbocycles. The van der Waals surface area contributed by atoms with E-state index < -0.39 is 6.09 Å². The molecule has 2 amide bonds.